The van der Waals surface area contributed by atoms with Crippen LogP contribution in [0.2, 0.25) is 0 Å². The molecule has 0 aromatic carbocycles. The van der Waals surface area contributed by atoms with Crippen molar-refractivity contribution < 1.29 is 18.9 Å². The number of nitrogens with one attached hydrogen (secondary N) is 1. The van der Waals surface area contributed by atoms with E-state index in [9.17, 15) is 14.5 Å². The summed E-state index contributed by atoms with van der Waals surface area (Å²) in [6.07, 6.45) is 1.15. The number of nitrogens with zero attached hydrogens (tertiary/aromatic N) is 3. The molecule has 27 heavy (non-hydrogen) atoms. The van der Waals surface area contributed by atoms with Crippen LogP contribution in [0.5, 0.6) is 0 Å². The van der Waals surface area contributed by atoms with E-state index in [-0.39, 0.29) is 36.4 Å². The number of anilines is 1. The lowest BCUT2D eigenvalue weighted by Gasteiger charge is -2.19. The van der Waals surface area contributed by atoms with Crippen molar-refractivity contribution in [1.29, 1.82) is 0 Å². The Bertz CT molecular complexity index is 954. The Morgan fingerprint density at radius 3 is 3.00 bits per heavy atom. The Morgan fingerprint density at radius 2 is 2.30 bits per heavy atom. The number of fused-ring (bicyclic) bond motifs is 1. The first kappa shape index (κ1) is 19.8. The first-order chi connectivity index (χ1) is 12.7. The van der Waals surface area contributed by atoms with Gasteiger partial charge in [-0.25, -0.2) is 4.98 Å². The summed E-state index contributed by atoms with van der Waals surface area (Å²) in [5.74, 6) is -0.346. The molecule has 148 valence electrons. The van der Waals surface area contributed by atoms with Crippen molar-refractivity contribution >= 4 is 24.5 Å². The van der Waals surface area contributed by atoms with Crippen molar-refractivity contribution in [2.75, 3.05) is 32.0 Å². The fourth-order valence-electron chi connectivity index (χ4n) is 3.38. The molecule has 1 aliphatic rings. The van der Waals surface area contributed by atoms with Gasteiger partial charge in [0, 0.05) is 12.6 Å². The van der Waals surface area contributed by atoms with Crippen LogP contribution in [0.25, 0.3) is 11.2 Å². The largest absolute Gasteiger partial charge is 0.392 e. The number of nitrogens with two attached hydrogens (primary N) is 1. The molecule has 1 aliphatic carbocycles. The number of aliphatic hydroxyl groups excluding tert-OH is 1. The van der Waals surface area contributed by atoms with Gasteiger partial charge < -0.3 is 24.7 Å². The van der Waals surface area contributed by atoms with E-state index >= 15 is 0 Å². The number of aromatic nitrogens is 4. The number of hydrogen-bond acceptors (Lipinski definition) is 8. The van der Waals surface area contributed by atoms with E-state index in [1.54, 1.807) is 11.5 Å². The van der Waals surface area contributed by atoms with Gasteiger partial charge >= 0.3 is 0 Å². The second kappa shape index (κ2) is 7.55. The molecule has 0 bridgehead atoms. The van der Waals surface area contributed by atoms with Gasteiger partial charge in [0.05, 0.1) is 31.7 Å². The van der Waals surface area contributed by atoms with Gasteiger partial charge in [0.2, 0.25) is 13.3 Å². The summed E-state index contributed by atoms with van der Waals surface area (Å²) in [5, 5.41) is 10.5. The van der Waals surface area contributed by atoms with Crippen molar-refractivity contribution in [2.24, 2.45) is 5.92 Å². The molecule has 1 saturated carbocycles. The molecule has 0 aliphatic heterocycles. The first-order valence-corrected chi connectivity index (χ1v) is 10.9. The summed E-state index contributed by atoms with van der Waals surface area (Å²) < 4.78 is 24.5. The molecule has 11 heteroatoms. The SMILES string of the molecule is C=C1[C@H](COCP(C)(=O)OCC)[C@@H](O)C[C@@H]1n1cnc2c(=O)[nH]c(N)nc21. The summed E-state index contributed by atoms with van der Waals surface area (Å²) >= 11 is 0. The van der Waals surface area contributed by atoms with Crippen LogP contribution in [0.1, 0.15) is 19.4 Å². The molecule has 0 radical (unpaired) electrons. The minimum Gasteiger partial charge on any atom is -0.392 e. The third kappa shape index (κ3) is 3.98. The quantitative estimate of drug-likeness (QED) is 0.465. The normalized spacial score (nSPS) is 25.1. The summed E-state index contributed by atoms with van der Waals surface area (Å²) in [6.45, 7) is 7.90. The molecule has 1 fully saturated rings. The predicted octanol–water partition coefficient (Wildman–Crippen LogP) is 1.10. The fraction of sp³-hybridized carbons (Fsp3) is 0.562. The summed E-state index contributed by atoms with van der Waals surface area (Å²) in [4.78, 5) is 22.6. The Balaban J connectivity index is 1.76. The van der Waals surface area contributed by atoms with E-state index in [1.807, 2.05) is 0 Å². The number of aromatic amines is 1. The van der Waals surface area contributed by atoms with Crippen molar-refractivity contribution in [3.63, 3.8) is 0 Å². The highest BCUT2D eigenvalue weighted by molar-refractivity contribution is 7.57. The summed E-state index contributed by atoms with van der Waals surface area (Å²) in [7, 11) is -2.81. The molecule has 4 atom stereocenters. The van der Waals surface area contributed by atoms with Crippen LogP contribution in [0.3, 0.4) is 0 Å². The highest BCUT2D eigenvalue weighted by atomic mass is 31.2. The van der Waals surface area contributed by atoms with Crippen molar-refractivity contribution in [3.8, 4) is 0 Å². The average molecular weight is 397 g/mol. The zero-order chi connectivity index (χ0) is 19.8. The van der Waals surface area contributed by atoms with Crippen molar-refractivity contribution in [1.82, 2.24) is 19.5 Å². The van der Waals surface area contributed by atoms with Crippen LogP contribution in [0.4, 0.5) is 5.95 Å². The van der Waals surface area contributed by atoms with Crippen molar-refractivity contribution in [2.45, 2.75) is 25.5 Å². The van der Waals surface area contributed by atoms with Gasteiger partial charge in [0.25, 0.3) is 5.56 Å². The van der Waals surface area contributed by atoms with Crippen LogP contribution >= 0.6 is 7.37 Å². The standard InChI is InChI=1S/C16H24N5O5P/c1-4-26-27(3,24)8-25-6-10-9(2)11(5-12(10)22)21-7-18-13-14(21)19-16(17)20-15(13)23/h7,10-12,22H,2,4-6,8H2,1,3H3,(H3,17,19,20,23)/t10-,11-,12-,27?/m0/s1. The number of aliphatic hydroxyl groups is 1. The molecule has 2 aromatic heterocycles. The maximum absolute atomic E-state index is 12.1. The van der Waals surface area contributed by atoms with Gasteiger partial charge in [-0.1, -0.05) is 6.58 Å². The number of hydrogen-bond donors (Lipinski definition) is 3. The monoisotopic (exact) mass is 397 g/mol. The van der Waals surface area contributed by atoms with Gasteiger partial charge in [-0.05, 0) is 18.9 Å². The Morgan fingerprint density at radius 1 is 1.56 bits per heavy atom. The Hall–Kier alpha value is -2.00. The first-order valence-electron chi connectivity index (χ1n) is 8.61. The molecule has 4 N–H and O–H groups in total. The van der Waals surface area contributed by atoms with Gasteiger partial charge in [0.1, 0.15) is 6.35 Å². The number of nitrogen functional groups attached to an aromatic ring is 1. The van der Waals surface area contributed by atoms with Gasteiger partial charge in [0.15, 0.2) is 11.2 Å². The minimum absolute atomic E-state index is 0.00656. The Kier molecular flexibility index (Phi) is 5.53. The van der Waals surface area contributed by atoms with E-state index in [0.29, 0.717) is 18.7 Å². The van der Waals surface area contributed by atoms with Crippen LogP contribution in [-0.2, 0) is 13.8 Å². The lowest BCUT2D eigenvalue weighted by Crippen LogP contribution is -2.20. The zero-order valence-corrected chi connectivity index (χ0v) is 16.2. The highest BCUT2D eigenvalue weighted by Gasteiger charge is 2.38. The third-order valence-electron chi connectivity index (χ3n) is 4.65. The van der Waals surface area contributed by atoms with Crippen LogP contribution in [0, 0.1) is 5.92 Å². The minimum atomic E-state index is -2.81. The molecule has 0 spiro atoms. The fourth-order valence-corrected chi connectivity index (χ4v) is 4.43. The molecular weight excluding hydrogens is 373 g/mol. The maximum Gasteiger partial charge on any atom is 0.280 e. The molecule has 0 saturated heterocycles. The molecular formula is C16H24N5O5P. The zero-order valence-electron chi connectivity index (χ0n) is 15.3. The van der Waals surface area contributed by atoms with E-state index in [4.69, 9.17) is 15.0 Å². The molecule has 10 nitrogen and oxygen atoms in total. The number of imidazole rings is 1. The molecule has 1 unspecified atom stereocenters. The number of ether oxygens (including phenoxy) is 1. The predicted molar refractivity (Wildman–Crippen MR) is 101 cm³/mol. The molecule has 2 aromatic rings. The van der Waals surface area contributed by atoms with Crippen molar-refractivity contribution in [3.05, 3.63) is 28.8 Å². The maximum atomic E-state index is 12.1. The topological polar surface area (TPSA) is 145 Å². The second-order valence-corrected chi connectivity index (χ2v) is 9.25. The highest BCUT2D eigenvalue weighted by Crippen LogP contribution is 2.44. The van der Waals surface area contributed by atoms with E-state index in [1.165, 1.54) is 13.0 Å². The lowest BCUT2D eigenvalue weighted by atomic mass is 10.0. The number of rotatable bonds is 7. The van der Waals surface area contributed by atoms with Crippen LogP contribution < -0.4 is 11.3 Å². The number of H-pyrrole nitrogens is 1. The molecule has 3 rings (SSSR count). The van der Waals surface area contributed by atoms with E-state index in [2.05, 4.69) is 21.5 Å². The summed E-state index contributed by atoms with van der Waals surface area (Å²) in [5.41, 5.74) is 6.45. The van der Waals surface area contributed by atoms with Crippen LogP contribution in [0.15, 0.2) is 23.3 Å². The average Bonchev–Trinajstić information content (AvgIpc) is 3.10. The summed E-state index contributed by atoms with van der Waals surface area (Å²) in [6, 6.07) is -0.298. The van der Waals surface area contributed by atoms with Gasteiger partial charge in [-0.3, -0.25) is 14.3 Å². The molecule has 0 amide bonds. The third-order valence-corrected chi connectivity index (χ3v) is 6.10. The lowest BCUT2D eigenvalue weighted by molar-refractivity contribution is 0.0689. The van der Waals surface area contributed by atoms with Gasteiger partial charge in [-0.2, -0.15) is 4.98 Å². The molecule has 2 heterocycles. The Labute approximate surface area is 155 Å². The van der Waals surface area contributed by atoms with Gasteiger partial charge in [-0.15, -0.1) is 0 Å². The smallest absolute Gasteiger partial charge is 0.280 e. The second-order valence-electron chi connectivity index (χ2n) is 6.71. The van der Waals surface area contributed by atoms with E-state index < -0.39 is 19.0 Å². The van der Waals surface area contributed by atoms with Crippen LogP contribution in [-0.4, -0.2) is 57.0 Å². The van der Waals surface area contributed by atoms with E-state index in [0.717, 1.165) is 5.57 Å².